The van der Waals surface area contributed by atoms with Crippen LogP contribution in [-0.4, -0.2) is 88.9 Å². The first-order chi connectivity index (χ1) is 20.0. The van der Waals surface area contributed by atoms with E-state index in [2.05, 4.69) is 33.4 Å². The summed E-state index contributed by atoms with van der Waals surface area (Å²) in [6.45, 7) is 7.34. The number of rotatable bonds is 9. The molecule has 2 aromatic heterocycles. The van der Waals surface area contributed by atoms with Gasteiger partial charge in [0.25, 0.3) is 16.8 Å². The monoisotopic (exact) mass is 596 g/mol. The van der Waals surface area contributed by atoms with Crippen molar-refractivity contribution in [2.24, 2.45) is 16.6 Å². The molecule has 1 aliphatic heterocycles. The minimum Gasteiger partial charge on any atom is -0.382 e. The summed E-state index contributed by atoms with van der Waals surface area (Å²) in [4.78, 5) is 40.1. The van der Waals surface area contributed by atoms with Gasteiger partial charge in [0, 0.05) is 51.0 Å². The van der Waals surface area contributed by atoms with Crippen LogP contribution in [0.15, 0.2) is 71.7 Å². The molecule has 0 saturated carbocycles. The average Bonchev–Trinajstić information content (AvgIpc) is 3.65. The number of allylic oxidation sites excluding steroid dienone is 1. The van der Waals surface area contributed by atoms with Crippen molar-refractivity contribution in [3.63, 3.8) is 0 Å². The van der Waals surface area contributed by atoms with E-state index in [1.54, 1.807) is 29.2 Å². The lowest BCUT2D eigenvalue weighted by Gasteiger charge is -2.34. The molecule has 0 radical (unpaired) electrons. The second-order valence-corrected chi connectivity index (χ2v) is 11.0. The second-order valence-electron chi connectivity index (χ2n) is 9.10. The number of nitrogens with one attached hydrogen (secondary N) is 1. The molecule has 5 N–H and O–H groups in total. The Labute approximate surface area is 240 Å². The first-order valence-electron chi connectivity index (χ1n) is 12.4. The SMILES string of the molecule is C=C/C(F)=c1/c(C(=O)C(=O)N2CCN(c3nc(S(C)(=O)=O)nn3-c3ccccc3)CC2)c[nH]/c1=C(/N)N(N)/C=C\N=C. The number of ketones is 1. The summed E-state index contributed by atoms with van der Waals surface area (Å²) in [6.07, 6.45) is 5.60. The fourth-order valence-electron chi connectivity index (χ4n) is 4.24. The summed E-state index contributed by atoms with van der Waals surface area (Å²) >= 11 is 0. The Bertz CT molecular complexity index is 1790. The number of carbonyl (C=O) groups excluding carboxylic acids is 2. The number of amides is 1. The Hall–Kier alpha value is -5.09. The molecule has 0 spiro atoms. The fourth-order valence-corrected chi connectivity index (χ4v) is 4.72. The zero-order valence-corrected chi connectivity index (χ0v) is 23.5. The third-order valence-corrected chi connectivity index (χ3v) is 7.19. The summed E-state index contributed by atoms with van der Waals surface area (Å²) in [7, 11) is -3.70. The molecule has 1 aliphatic rings. The van der Waals surface area contributed by atoms with Crippen molar-refractivity contribution in [2.75, 3.05) is 37.3 Å². The Morgan fingerprint density at radius 3 is 2.45 bits per heavy atom. The fraction of sp³-hybridized carbons (Fsp3) is 0.192. The van der Waals surface area contributed by atoms with Crippen LogP contribution in [0.5, 0.6) is 0 Å². The maximum absolute atomic E-state index is 14.9. The van der Waals surface area contributed by atoms with Gasteiger partial charge >= 0.3 is 0 Å². The van der Waals surface area contributed by atoms with E-state index in [4.69, 9.17) is 11.6 Å². The topological polar surface area (TPSA) is 189 Å². The summed E-state index contributed by atoms with van der Waals surface area (Å²) in [5.41, 5.74) is 6.40. The number of piperazine rings is 1. The van der Waals surface area contributed by atoms with Gasteiger partial charge in [-0.3, -0.25) is 19.6 Å². The molecule has 3 aromatic rings. The number of nitrogens with zero attached hydrogens (tertiary/aromatic N) is 7. The average molecular weight is 597 g/mol. The van der Waals surface area contributed by atoms with E-state index in [9.17, 15) is 22.4 Å². The van der Waals surface area contributed by atoms with Crippen LogP contribution in [0.4, 0.5) is 10.3 Å². The number of hydrogen-bond acceptors (Lipinski definition) is 11. The number of benzene rings is 1. The smallest absolute Gasteiger partial charge is 0.295 e. The number of Topliss-reactive ketones (excluding diaryl/α,β-unsaturated/α-hetero) is 1. The lowest BCUT2D eigenvalue weighted by Crippen LogP contribution is -2.51. The number of sulfone groups is 1. The van der Waals surface area contributed by atoms with E-state index in [1.165, 1.54) is 28.2 Å². The van der Waals surface area contributed by atoms with E-state index >= 15 is 0 Å². The Balaban J connectivity index is 1.60. The van der Waals surface area contributed by atoms with Crippen molar-refractivity contribution in [1.82, 2.24) is 29.7 Å². The number of aliphatic imine (C=N–C) groups is 1. The summed E-state index contributed by atoms with van der Waals surface area (Å²) in [6, 6.07) is 8.88. The number of para-hydroxylation sites is 1. The van der Waals surface area contributed by atoms with Crippen LogP contribution in [0.25, 0.3) is 17.3 Å². The number of aromatic amines is 1. The molecule has 0 atom stereocenters. The number of hydrogen-bond donors (Lipinski definition) is 3. The van der Waals surface area contributed by atoms with Gasteiger partial charge in [0.1, 0.15) is 11.6 Å². The third-order valence-electron chi connectivity index (χ3n) is 6.36. The number of carbonyl (C=O) groups is 2. The van der Waals surface area contributed by atoms with Crippen LogP contribution in [-0.2, 0) is 14.6 Å². The highest BCUT2D eigenvalue weighted by Crippen LogP contribution is 2.21. The maximum Gasteiger partial charge on any atom is 0.295 e. The number of halogens is 1. The lowest BCUT2D eigenvalue weighted by molar-refractivity contribution is -0.126. The molecule has 1 saturated heterocycles. The van der Waals surface area contributed by atoms with Gasteiger partial charge in [-0.05, 0) is 24.9 Å². The second kappa shape index (κ2) is 12.2. The molecule has 16 heteroatoms. The quantitative estimate of drug-likeness (QED) is 0.0924. The summed E-state index contributed by atoms with van der Waals surface area (Å²) in [5, 5.41) is 4.49. The van der Waals surface area contributed by atoms with Crippen molar-refractivity contribution in [3.05, 3.63) is 77.7 Å². The molecular weight excluding hydrogens is 567 g/mol. The highest BCUT2D eigenvalue weighted by Gasteiger charge is 2.31. The van der Waals surface area contributed by atoms with Gasteiger partial charge in [-0.15, -0.1) is 5.10 Å². The van der Waals surface area contributed by atoms with Crippen molar-refractivity contribution >= 4 is 45.8 Å². The van der Waals surface area contributed by atoms with Crippen LogP contribution >= 0.6 is 0 Å². The van der Waals surface area contributed by atoms with Crippen LogP contribution in [0.2, 0.25) is 0 Å². The zero-order chi connectivity index (χ0) is 30.6. The van der Waals surface area contributed by atoms with Crippen molar-refractivity contribution in [3.8, 4) is 5.69 Å². The Morgan fingerprint density at radius 1 is 1.19 bits per heavy atom. The molecule has 1 aromatic carbocycles. The van der Waals surface area contributed by atoms with Gasteiger partial charge in [-0.25, -0.2) is 18.7 Å². The third kappa shape index (κ3) is 5.98. The van der Waals surface area contributed by atoms with Gasteiger partial charge in [0.05, 0.1) is 21.8 Å². The van der Waals surface area contributed by atoms with Gasteiger partial charge < -0.3 is 20.5 Å². The molecule has 3 heterocycles. The molecule has 1 amide bonds. The van der Waals surface area contributed by atoms with Crippen LogP contribution in [0.1, 0.15) is 10.4 Å². The summed E-state index contributed by atoms with van der Waals surface area (Å²) < 4.78 is 40.7. The van der Waals surface area contributed by atoms with Gasteiger partial charge in [-0.2, -0.15) is 9.67 Å². The minimum atomic E-state index is -3.70. The Morgan fingerprint density at radius 2 is 1.86 bits per heavy atom. The van der Waals surface area contributed by atoms with Crippen LogP contribution in [0.3, 0.4) is 0 Å². The normalized spacial score (nSPS) is 15.4. The van der Waals surface area contributed by atoms with E-state index in [0.29, 0.717) is 5.69 Å². The van der Waals surface area contributed by atoms with Crippen LogP contribution in [0, 0.1) is 0 Å². The standard InChI is InChI=1S/C26H29FN10O4S/c1-4-19(27)20-18(16-31-21(20)23(28)36(29)11-10-30-2)22(38)24(39)34-12-14-35(15-13-34)26-32-25(42(3,40)41)33-37(26)17-8-6-5-7-9-17/h4-11,16,31H,1-2,12-15,28-29H2,3H3/b11-10-,20-19+,23-21-. The molecule has 0 aliphatic carbocycles. The van der Waals surface area contributed by atoms with E-state index in [-0.39, 0.29) is 59.2 Å². The molecule has 220 valence electrons. The molecule has 1 fully saturated rings. The summed E-state index contributed by atoms with van der Waals surface area (Å²) in [5.74, 6) is 3.25. The molecule has 42 heavy (non-hydrogen) atoms. The molecule has 0 bridgehead atoms. The minimum absolute atomic E-state index is 0.0356. The van der Waals surface area contributed by atoms with Gasteiger partial charge in [-0.1, -0.05) is 24.8 Å². The predicted molar refractivity (Wildman–Crippen MR) is 155 cm³/mol. The maximum atomic E-state index is 14.9. The van der Waals surface area contributed by atoms with Crippen LogP contribution < -0.4 is 27.0 Å². The molecule has 0 unspecified atom stereocenters. The zero-order valence-electron chi connectivity index (χ0n) is 22.6. The Kier molecular flexibility index (Phi) is 8.68. The first-order valence-corrected chi connectivity index (χ1v) is 14.3. The van der Waals surface area contributed by atoms with E-state index in [1.807, 2.05) is 6.07 Å². The lowest BCUT2D eigenvalue weighted by atomic mass is 10.1. The highest BCUT2D eigenvalue weighted by molar-refractivity contribution is 7.90. The van der Waals surface area contributed by atoms with Crippen molar-refractivity contribution in [1.29, 1.82) is 0 Å². The van der Waals surface area contributed by atoms with Crippen molar-refractivity contribution < 1.29 is 22.4 Å². The predicted octanol–water partition coefficient (Wildman–Crippen LogP) is -0.834. The number of H-pyrrole nitrogens is 1. The van der Waals surface area contributed by atoms with E-state index < -0.39 is 27.4 Å². The number of nitrogens with two attached hydrogens (primary N) is 2. The number of anilines is 1. The first kappa shape index (κ1) is 29.9. The number of hydrazine groups is 1. The molecule has 14 nitrogen and oxygen atoms in total. The molecule has 4 rings (SSSR count). The highest BCUT2D eigenvalue weighted by atomic mass is 32.2. The van der Waals surface area contributed by atoms with Crippen molar-refractivity contribution in [2.45, 2.75) is 5.16 Å². The molecular formula is C26H29FN10O4S. The largest absolute Gasteiger partial charge is 0.382 e. The van der Waals surface area contributed by atoms with E-state index in [0.717, 1.165) is 17.3 Å². The van der Waals surface area contributed by atoms with Gasteiger partial charge in [0.2, 0.25) is 15.8 Å². The number of aromatic nitrogens is 4. The van der Waals surface area contributed by atoms with Gasteiger partial charge in [0.15, 0.2) is 0 Å².